The average Bonchev–Trinajstić information content (AvgIpc) is 2.87. The van der Waals surface area contributed by atoms with Crippen LogP contribution < -0.4 is 10.5 Å². The largest absolute Gasteiger partial charge is 0.314 e. The van der Waals surface area contributed by atoms with E-state index in [9.17, 15) is 10.1 Å². The van der Waals surface area contributed by atoms with Crippen LogP contribution in [0.1, 0.15) is 37.8 Å². The molecule has 2 atom stereocenters. The number of nitrogens with two attached hydrogens (primary N) is 1. The fraction of sp³-hybridized carbons (Fsp3) is 0.667. The van der Waals surface area contributed by atoms with Gasteiger partial charge in [0, 0.05) is 11.3 Å². The number of thioether (sulfide) groups is 1. The maximum Gasteiger partial charge on any atom is 0.294 e. The van der Waals surface area contributed by atoms with Crippen LogP contribution in [0.25, 0.3) is 0 Å². The molecule has 6 nitrogen and oxygen atoms in total. The number of hydrogen-bond donors (Lipinski definition) is 2. The maximum atomic E-state index is 10.2. The fourth-order valence-electron chi connectivity index (χ4n) is 2.30. The molecule has 118 valence electrons. The predicted octanol–water partition coefficient (Wildman–Crippen LogP) is 3.22. The third-order valence-electron chi connectivity index (χ3n) is 3.24. The quantitative estimate of drug-likeness (QED) is 0.423. The second-order valence-corrected chi connectivity index (χ2v) is 8.31. The van der Waals surface area contributed by atoms with Crippen molar-refractivity contribution in [3.63, 3.8) is 0 Å². The van der Waals surface area contributed by atoms with Crippen LogP contribution in [0, 0.1) is 10.1 Å². The minimum Gasteiger partial charge on any atom is -0.314 e. The lowest BCUT2D eigenvalue weighted by Crippen LogP contribution is -2.28. The highest BCUT2D eigenvalue weighted by Crippen LogP contribution is 2.47. The molecule has 2 heterocycles. The van der Waals surface area contributed by atoms with E-state index in [1.165, 1.54) is 21.7 Å². The Kier molecular flexibility index (Phi) is 6.62. The van der Waals surface area contributed by atoms with Crippen molar-refractivity contribution in [1.82, 2.24) is 5.32 Å². The van der Waals surface area contributed by atoms with Gasteiger partial charge in [-0.1, -0.05) is 6.92 Å². The molecule has 2 rings (SSSR count). The Morgan fingerprint density at radius 1 is 1.67 bits per heavy atom. The van der Waals surface area contributed by atoms with Gasteiger partial charge in [-0.15, -0.1) is 33.2 Å². The summed E-state index contributed by atoms with van der Waals surface area (Å²) in [4.78, 5) is 14.7. The number of hydrogen-bond acceptors (Lipinski definition) is 8. The Morgan fingerprint density at radius 3 is 3.14 bits per heavy atom. The Labute approximate surface area is 136 Å². The summed E-state index contributed by atoms with van der Waals surface area (Å²) in [5.41, 5.74) is 1.32. The van der Waals surface area contributed by atoms with E-state index in [0.29, 0.717) is 17.7 Å². The summed E-state index contributed by atoms with van der Waals surface area (Å²) < 4.78 is 2.38. The standard InChI is InChI=1S/C12H19N3O3S3/c1-2-4-14-10-6-8(3-5-18-15(16)17)19-12-9(10)7-11(20-12)21-13/h7-8,10,14H,2-6,13H2,1H3. The normalized spacial score (nSPS) is 21.0. The number of fused-ring (bicyclic) bond motifs is 1. The molecule has 0 bridgehead atoms. The van der Waals surface area contributed by atoms with E-state index in [1.54, 1.807) is 23.1 Å². The van der Waals surface area contributed by atoms with E-state index in [4.69, 9.17) is 5.14 Å². The first kappa shape index (κ1) is 16.9. The Hall–Kier alpha value is -0.480. The predicted molar refractivity (Wildman–Crippen MR) is 87.2 cm³/mol. The minimum atomic E-state index is -0.722. The van der Waals surface area contributed by atoms with Gasteiger partial charge in [0.25, 0.3) is 5.09 Å². The molecule has 0 radical (unpaired) electrons. The second kappa shape index (κ2) is 8.23. The van der Waals surface area contributed by atoms with Gasteiger partial charge in [-0.3, -0.25) is 5.14 Å². The van der Waals surface area contributed by atoms with Gasteiger partial charge >= 0.3 is 0 Å². The number of nitrogens with zero attached hydrogens (tertiary/aromatic N) is 1. The molecule has 0 aromatic carbocycles. The first-order valence-electron chi connectivity index (χ1n) is 6.81. The van der Waals surface area contributed by atoms with Gasteiger partial charge in [0.15, 0.2) is 0 Å². The van der Waals surface area contributed by atoms with Gasteiger partial charge < -0.3 is 10.2 Å². The molecule has 0 aliphatic carbocycles. The molecule has 1 aromatic heterocycles. The van der Waals surface area contributed by atoms with Crippen LogP contribution in [0.2, 0.25) is 0 Å². The van der Waals surface area contributed by atoms with Gasteiger partial charge in [-0.25, -0.2) is 0 Å². The third-order valence-corrected chi connectivity index (χ3v) is 6.62. The summed E-state index contributed by atoms with van der Waals surface area (Å²) in [7, 11) is 0. The van der Waals surface area contributed by atoms with Gasteiger partial charge in [-0.2, -0.15) is 0 Å². The Bertz CT molecular complexity index is 484. The number of nitrogens with one attached hydrogen (secondary N) is 1. The van der Waals surface area contributed by atoms with Crippen LogP contribution in [-0.4, -0.2) is 23.5 Å². The Morgan fingerprint density at radius 2 is 2.48 bits per heavy atom. The summed E-state index contributed by atoms with van der Waals surface area (Å²) in [5, 5.41) is 19.1. The van der Waals surface area contributed by atoms with Crippen LogP contribution >= 0.6 is 35.0 Å². The molecule has 1 aliphatic heterocycles. The van der Waals surface area contributed by atoms with Crippen LogP contribution in [0.15, 0.2) is 14.5 Å². The summed E-state index contributed by atoms with van der Waals surface area (Å²) in [5.74, 6) is 0. The van der Waals surface area contributed by atoms with Gasteiger partial charge in [0.05, 0.1) is 15.0 Å². The topological polar surface area (TPSA) is 90.4 Å². The van der Waals surface area contributed by atoms with Gasteiger partial charge in [-0.05, 0) is 49.4 Å². The highest BCUT2D eigenvalue weighted by atomic mass is 32.2. The van der Waals surface area contributed by atoms with E-state index >= 15 is 0 Å². The van der Waals surface area contributed by atoms with Crippen molar-refractivity contribution in [2.24, 2.45) is 5.14 Å². The van der Waals surface area contributed by atoms with Crippen molar-refractivity contribution in [3.05, 3.63) is 21.7 Å². The summed E-state index contributed by atoms with van der Waals surface area (Å²) in [6, 6.07) is 2.47. The van der Waals surface area contributed by atoms with Crippen LogP contribution in [0.5, 0.6) is 0 Å². The number of thiophene rings is 1. The molecule has 0 spiro atoms. The zero-order chi connectivity index (χ0) is 15.2. The van der Waals surface area contributed by atoms with Crippen molar-refractivity contribution < 1.29 is 9.92 Å². The van der Waals surface area contributed by atoms with Crippen LogP contribution in [0.4, 0.5) is 0 Å². The summed E-state index contributed by atoms with van der Waals surface area (Å²) in [6.07, 6.45) is 2.72. The van der Waals surface area contributed by atoms with E-state index in [0.717, 1.165) is 23.6 Å². The van der Waals surface area contributed by atoms with Gasteiger partial charge in [0.2, 0.25) is 0 Å². The summed E-state index contributed by atoms with van der Waals surface area (Å²) >= 11 is 4.77. The minimum absolute atomic E-state index is 0.157. The maximum absolute atomic E-state index is 10.2. The SMILES string of the molecule is CCCNC1CC(CCO[N+](=O)[O-])Sc2sc(SN)cc21. The average molecular weight is 350 g/mol. The van der Waals surface area contributed by atoms with Crippen LogP contribution in [0.3, 0.4) is 0 Å². The van der Waals surface area contributed by atoms with E-state index in [2.05, 4.69) is 23.1 Å². The molecule has 21 heavy (non-hydrogen) atoms. The molecular formula is C12H19N3O3S3. The highest BCUT2D eigenvalue weighted by Gasteiger charge is 2.29. The van der Waals surface area contributed by atoms with Crippen molar-refractivity contribution in [3.8, 4) is 0 Å². The van der Waals surface area contributed by atoms with Crippen LogP contribution in [-0.2, 0) is 4.84 Å². The lowest BCUT2D eigenvalue weighted by atomic mass is 10.0. The number of rotatable bonds is 8. The van der Waals surface area contributed by atoms with Gasteiger partial charge in [0.1, 0.15) is 0 Å². The molecule has 2 unspecified atom stereocenters. The van der Waals surface area contributed by atoms with Crippen molar-refractivity contribution in [2.45, 2.75) is 45.9 Å². The molecule has 0 saturated carbocycles. The first-order chi connectivity index (χ1) is 10.1. The molecule has 0 amide bonds. The molecule has 1 aromatic rings. The molecule has 1 aliphatic rings. The highest BCUT2D eigenvalue weighted by molar-refractivity contribution is 8.03. The van der Waals surface area contributed by atoms with Crippen molar-refractivity contribution in [2.75, 3.05) is 13.2 Å². The third kappa shape index (κ3) is 4.75. The second-order valence-electron chi connectivity index (χ2n) is 4.75. The van der Waals surface area contributed by atoms with E-state index in [-0.39, 0.29) is 6.61 Å². The zero-order valence-electron chi connectivity index (χ0n) is 11.7. The molecule has 0 fully saturated rings. The molecule has 9 heteroatoms. The molecule has 3 N–H and O–H groups in total. The Balaban J connectivity index is 2.03. The van der Waals surface area contributed by atoms with Crippen molar-refractivity contribution in [1.29, 1.82) is 0 Å². The summed E-state index contributed by atoms with van der Waals surface area (Å²) in [6.45, 7) is 3.26. The van der Waals surface area contributed by atoms with E-state index in [1.807, 2.05) is 0 Å². The molecule has 0 saturated heterocycles. The smallest absolute Gasteiger partial charge is 0.294 e. The lowest BCUT2D eigenvalue weighted by molar-refractivity contribution is -0.757. The van der Waals surface area contributed by atoms with Crippen molar-refractivity contribution >= 4 is 35.0 Å². The first-order valence-corrected chi connectivity index (χ1v) is 9.39. The monoisotopic (exact) mass is 349 g/mol. The lowest BCUT2D eigenvalue weighted by Gasteiger charge is -2.29. The zero-order valence-corrected chi connectivity index (χ0v) is 14.2. The van der Waals surface area contributed by atoms with E-state index < -0.39 is 5.09 Å². The fourth-order valence-corrected chi connectivity index (χ4v) is 5.79. The molecular weight excluding hydrogens is 330 g/mol.